The average Bonchev–Trinajstić information content (AvgIpc) is 3.00. The van der Waals surface area contributed by atoms with Crippen molar-refractivity contribution in [3.05, 3.63) is 23.8 Å². The highest BCUT2D eigenvalue weighted by atomic mass is 16.7. The summed E-state index contributed by atoms with van der Waals surface area (Å²) >= 11 is 0. The Morgan fingerprint density at radius 2 is 2.17 bits per heavy atom. The molecule has 1 atom stereocenters. The number of amides is 1. The fourth-order valence-corrected chi connectivity index (χ4v) is 3.41. The van der Waals surface area contributed by atoms with Gasteiger partial charge < -0.3 is 14.8 Å². The monoisotopic (exact) mass is 318 g/mol. The van der Waals surface area contributed by atoms with Crippen molar-refractivity contribution in [2.75, 3.05) is 26.4 Å². The Kier molecular flexibility index (Phi) is 4.76. The fourth-order valence-electron chi connectivity index (χ4n) is 3.41. The first-order valence-corrected chi connectivity index (χ1v) is 8.50. The van der Waals surface area contributed by atoms with Gasteiger partial charge in [-0.15, -0.1) is 0 Å². The molecule has 1 saturated heterocycles. The van der Waals surface area contributed by atoms with E-state index in [1.54, 1.807) is 0 Å². The van der Waals surface area contributed by atoms with Crippen molar-refractivity contribution < 1.29 is 14.3 Å². The molecule has 1 aromatic rings. The van der Waals surface area contributed by atoms with E-state index >= 15 is 0 Å². The van der Waals surface area contributed by atoms with Crippen LogP contribution in [0.2, 0.25) is 0 Å². The van der Waals surface area contributed by atoms with Crippen LogP contribution in [0.1, 0.15) is 38.7 Å². The molecule has 1 fully saturated rings. The standard InChI is InChI=1S/C18H26N2O3/c1-3-8-19-17(21)18(2)7-4-9-20(12-18)11-14-5-6-15-16(10-14)23-13-22-15/h5-6,10H,3-4,7-9,11-13H2,1-2H3,(H,19,21). The number of piperidine rings is 1. The summed E-state index contributed by atoms with van der Waals surface area (Å²) in [5.41, 5.74) is 0.913. The molecule has 1 unspecified atom stereocenters. The predicted octanol–water partition coefficient (Wildman–Crippen LogP) is 2.54. The Bertz CT molecular complexity index is 575. The second-order valence-corrected chi connectivity index (χ2v) is 6.82. The van der Waals surface area contributed by atoms with Crippen LogP contribution in [0.3, 0.4) is 0 Å². The van der Waals surface area contributed by atoms with Crippen molar-refractivity contribution in [1.29, 1.82) is 0 Å². The van der Waals surface area contributed by atoms with E-state index in [1.165, 1.54) is 5.56 Å². The molecule has 5 heteroatoms. The van der Waals surface area contributed by atoms with Gasteiger partial charge in [0.2, 0.25) is 12.7 Å². The van der Waals surface area contributed by atoms with E-state index in [0.29, 0.717) is 6.79 Å². The molecule has 126 valence electrons. The zero-order valence-corrected chi connectivity index (χ0v) is 14.1. The second kappa shape index (κ2) is 6.79. The molecule has 1 aromatic carbocycles. The molecular weight excluding hydrogens is 292 g/mol. The maximum Gasteiger partial charge on any atom is 0.231 e. The van der Waals surface area contributed by atoms with E-state index in [4.69, 9.17) is 9.47 Å². The topological polar surface area (TPSA) is 50.8 Å². The summed E-state index contributed by atoms with van der Waals surface area (Å²) in [7, 11) is 0. The largest absolute Gasteiger partial charge is 0.454 e. The summed E-state index contributed by atoms with van der Waals surface area (Å²) in [5.74, 6) is 1.83. The van der Waals surface area contributed by atoms with Crippen molar-refractivity contribution in [2.45, 2.75) is 39.7 Å². The van der Waals surface area contributed by atoms with Crippen molar-refractivity contribution in [3.8, 4) is 11.5 Å². The molecule has 5 nitrogen and oxygen atoms in total. The minimum atomic E-state index is -0.288. The number of hydrogen-bond donors (Lipinski definition) is 1. The summed E-state index contributed by atoms with van der Waals surface area (Å²) in [6.07, 6.45) is 2.99. The minimum absolute atomic E-state index is 0.190. The lowest BCUT2D eigenvalue weighted by atomic mass is 9.80. The number of carbonyl (C=O) groups excluding carboxylic acids is 1. The Balaban J connectivity index is 1.63. The van der Waals surface area contributed by atoms with E-state index in [-0.39, 0.29) is 11.3 Å². The van der Waals surface area contributed by atoms with Crippen LogP contribution in [0.4, 0.5) is 0 Å². The lowest BCUT2D eigenvalue weighted by molar-refractivity contribution is -0.133. The number of hydrogen-bond acceptors (Lipinski definition) is 4. The lowest BCUT2D eigenvalue weighted by Gasteiger charge is -2.39. The lowest BCUT2D eigenvalue weighted by Crippen LogP contribution is -2.50. The van der Waals surface area contributed by atoms with E-state index < -0.39 is 0 Å². The quantitative estimate of drug-likeness (QED) is 0.906. The molecule has 0 spiro atoms. The number of ether oxygens (including phenoxy) is 2. The van der Waals surface area contributed by atoms with Gasteiger partial charge in [-0.25, -0.2) is 0 Å². The Labute approximate surface area is 137 Å². The zero-order valence-electron chi connectivity index (χ0n) is 14.1. The molecule has 23 heavy (non-hydrogen) atoms. The first-order valence-electron chi connectivity index (χ1n) is 8.50. The van der Waals surface area contributed by atoms with Crippen LogP contribution in [0.25, 0.3) is 0 Å². The number of benzene rings is 1. The summed E-state index contributed by atoms with van der Waals surface area (Å²) in [6.45, 7) is 7.91. The van der Waals surface area contributed by atoms with Gasteiger partial charge in [0.15, 0.2) is 11.5 Å². The van der Waals surface area contributed by atoms with E-state index in [2.05, 4.69) is 30.1 Å². The van der Waals surface area contributed by atoms with E-state index in [9.17, 15) is 4.79 Å². The summed E-state index contributed by atoms with van der Waals surface area (Å²) in [6, 6.07) is 6.09. The van der Waals surface area contributed by atoms with Gasteiger partial charge >= 0.3 is 0 Å². The number of likely N-dealkylation sites (tertiary alicyclic amines) is 1. The minimum Gasteiger partial charge on any atom is -0.454 e. The Hall–Kier alpha value is -1.75. The highest BCUT2D eigenvalue weighted by molar-refractivity contribution is 5.82. The molecular formula is C18H26N2O3. The third-order valence-electron chi connectivity index (χ3n) is 4.70. The second-order valence-electron chi connectivity index (χ2n) is 6.82. The van der Waals surface area contributed by atoms with Crippen LogP contribution in [-0.4, -0.2) is 37.2 Å². The van der Waals surface area contributed by atoms with Crippen LogP contribution in [-0.2, 0) is 11.3 Å². The number of carbonyl (C=O) groups is 1. The first-order chi connectivity index (χ1) is 11.1. The van der Waals surface area contributed by atoms with Crippen molar-refractivity contribution in [1.82, 2.24) is 10.2 Å². The average molecular weight is 318 g/mol. The molecule has 1 N–H and O–H groups in total. The van der Waals surface area contributed by atoms with E-state index in [0.717, 1.165) is 56.9 Å². The molecule has 2 aliphatic rings. The van der Waals surface area contributed by atoms with Gasteiger partial charge in [-0.1, -0.05) is 13.0 Å². The van der Waals surface area contributed by atoms with Gasteiger partial charge in [0.05, 0.1) is 5.41 Å². The molecule has 2 aliphatic heterocycles. The highest BCUT2D eigenvalue weighted by Gasteiger charge is 2.37. The Morgan fingerprint density at radius 1 is 1.35 bits per heavy atom. The van der Waals surface area contributed by atoms with Gasteiger partial charge in [0.1, 0.15) is 0 Å². The third-order valence-corrected chi connectivity index (χ3v) is 4.70. The number of rotatable bonds is 5. The van der Waals surface area contributed by atoms with E-state index in [1.807, 2.05) is 12.1 Å². The zero-order chi connectivity index (χ0) is 16.3. The SMILES string of the molecule is CCCNC(=O)C1(C)CCCN(Cc2ccc3c(c2)OCO3)C1. The van der Waals surface area contributed by atoms with Gasteiger partial charge in [-0.2, -0.15) is 0 Å². The molecule has 2 heterocycles. The Morgan fingerprint density at radius 3 is 3.00 bits per heavy atom. The molecule has 0 radical (unpaired) electrons. The highest BCUT2D eigenvalue weighted by Crippen LogP contribution is 2.34. The van der Waals surface area contributed by atoms with Gasteiger partial charge in [0.25, 0.3) is 0 Å². The van der Waals surface area contributed by atoms with Crippen LogP contribution in [0, 0.1) is 5.41 Å². The van der Waals surface area contributed by atoms with Crippen LogP contribution in [0.5, 0.6) is 11.5 Å². The molecule has 0 saturated carbocycles. The molecule has 3 rings (SSSR count). The summed E-state index contributed by atoms with van der Waals surface area (Å²) in [5, 5.41) is 3.06. The van der Waals surface area contributed by atoms with Gasteiger partial charge in [-0.3, -0.25) is 9.69 Å². The summed E-state index contributed by atoms with van der Waals surface area (Å²) in [4.78, 5) is 14.8. The number of nitrogens with one attached hydrogen (secondary N) is 1. The summed E-state index contributed by atoms with van der Waals surface area (Å²) < 4.78 is 10.8. The molecule has 1 amide bonds. The smallest absolute Gasteiger partial charge is 0.231 e. The van der Waals surface area contributed by atoms with Gasteiger partial charge in [0, 0.05) is 19.6 Å². The van der Waals surface area contributed by atoms with Gasteiger partial charge in [-0.05, 0) is 50.4 Å². The maximum absolute atomic E-state index is 12.5. The van der Waals surface area contributed by atoms with Crippen LogP contribution in [0.15, 0.2) is 18.2 Å². The molecule has 0 aliphatic carbocycles. The normalized spacial score (nSPS) is 23.7. The van der Waals surface area contributed by atoms with Crippen LogP contribution < -0.4 is 14.8 Å². The van der Waals surface area contributed by atoms with Crippen molar-refractivity contribution in [3.63, 3.8) is 0 Å². The number of fused-ring (bicyclic) bond motifs is 1. The maximum atomic E-state index is 12.5. The molecule has 0 aromatic heterocycles. The van der Waals surface area contributed by atoms with Crippen LogP contribution >= 0.6 is 0 Å². The molecule has 0 bridgehead atoms. The number of nitrogens with zero attached hydrogens (tertiary/aromatic N) is 1. The predicted molar refractivity (Wildman–Crippen MR) is 88.5 cm³/mol. The van der Waals surface area contributed by atoms with Crippen molar-refractivity contribution in [2.24, 2.45) is 5.41 Å². The fraction of sp³-hybridized carbons (Fsp3) is 0.611. The third kappa shape index (κ3) is 3.61. The first kappa shape index (κ1) is 16.1. The van der Waals surface area contributed by atoms with Crippen molar-refractivity contribution >= 4 is 5.91 Å².